The highest BCUT2D eigenvalue weighted by Gasteiger charge is 2.24. The van der Waals surface area contributed by atoms with Gasteiger partial charge >= 0.3 is 0 Å². The minimum Gasteiger partial charge on any atom is -0.340 e. The summed E-state index contributed by atoms with van der Waals surface area (Å²) in [6.45, 7) is 4.75. The number of rotatable bonds is 9. The van der Waals surface area contributed by atoms with Crippen molar-refractivity contribution in [3.05, 3.63) is 70.5 Å². The number of hydrogen-bond donors (Lipinski definition) is 0. The molecule has 0 unspecified atom stereocenters. The number of halogens is 2. The standard InChI is InChI=1S/C28H35ClFN3O2/c29-25-7-3-6-24(20-25)28(35)33(21-23-8-11-26(30)12-9-23)19-16-31-14-17-32(18-15-31)27(34)13-10-22-4-1-2-5-22/h3,6-9,11-12,20,22H,1-2,4-5,10,13-19,21H2. The highest BCUT2D eigenvalue weighted by atomic mass is 35.5. The molecule has 2 fully saturated rings. The van der Waals surface area contributed by atoms with Gasteiger partial charge in [-0.25, -0.2) is 4.39 Å². The summed E-state index contributed by atoms with van der Waals surface area (Å²) in [5, 5.41) is 0.520. The van der Waals surface area contributed by atoms with E-state index in [2.05, 4.69) is 4.90 Å². The molecule has 4 rings (SSSR count). The van der Waals surface area contributed by atoms with Crippen LogP contribution in [0.4, 0.5) is 4.39 Å². The van der Waals surface area contributed by atoms with Crippen LogP contribution in [0, 0.1) is 11.7 Å². The van der Waals surface area contributed by atoms with E-state index in [1.165, 1.54) is 37.8 Å². The van der Waals surface area contributed by atoms with Gasteiger partial charge in [-0.2, -0.15) is 0 Å². The fourth-order valence-corrected chi connectivity index (χ4v) is 5.32. The van der Waals surface area contributed by atoms with E-state index in [0.717, 1.165) is 50.6 Å². The van der Waals surface area contributed by atoms with Crippen molar-refractivity contribution in [1.82, 2.24) is 14.7 Å². The minimum atomic E-state index is -0.294. The Hall–Kier alpha value is -2.44. The van der Waals surface area contributed by atoms with Crippen molar-refractivity contribution < 1.29 is 14.0 Å². The molecule has 0 spiro atoms. The van der Waals surface area contributed by atoms with Gasteiger partial charge in [0.05, 0.1) is 0 Å². The van der Waals surface area contributed by atoms with Crippen LogP contribution in [-0.2, 0) is 11.3 Å². The molecule has 0 atom stereocenters. The lowest BCUT2D eigenvalue weighted by molar-refractivity contribution is -0.133. The molecule has 1 saturated carbocycles. The summed E-state index contributed by atoms with van der Waals surface area (Å²) in [6.07, 6.45) is 6.89. The highest BCUT2D eigenvalue weighted by Crippen LogP contribution is 2.28. The van der Waals surface area contributed by atoms with Crippen molar-refractivity contribution in [3.63, 3.8) is 0 Å². The largest absolute Gasteiger partial charge is 0.340 e. The van der Waals surface area contributed by atoms with Crippen molar-refractivity contribution in [3.8, 4) is 0 Å². The molecular formula is C28H35ClFN3O2. The van der Waals surface area contributed by atoms with E-state index in [1.807, 2.05) is 4.90 Å². The van der Waals surface area contributed by atoms with Gasteiger partial charge in [0.25, 0.3) is 5.91 Å². The van der Waals surface area contributed by atoms with E-state index >= 15 is 0 Å². The lowest BCUT2D eigenvalue weighted by Crippen LogP contribution is -2.50. The normalized spacial score (nSPS) is 17.0. The zero-order valence-electron chi connectivity index (χ0n) is 20.3. The number of amides is 2. The molecular weight excluding hydrogens is 465 g/mol. The summed E-state index contributed by atoms with van der Waals surface area (Å²) in [4.78, 5) is 32.0. The lowest BCUT2D eigenvalue weighted by Gasteiger charge is -2.36. The first kappa shape index (κ1) is 25.6. The molecule has 1 aliphatic carbocycles. The topological polar surface area (TPSA) is 43.9 Å². The first-order valence-corrected chi connectivity index (χ1v) is 13.1. The lowest BCUT2D eigenvalue weighted by atomic mass is 10.0. The van der Waals surface area contributed by atoms with Crippen molar-refractivity contribution in [2.24, 2.45) is 5.92 Å². The molecule has 2 aromatic rings. The van der Waals surface area contributed by atoms with E-state index in [-0.39, 0.29) is 17.6 Å². The van der Waals surface area contributed by atoms with E-state index in [0.29, 0.717) is 30.1 Å². The van der Waals surface area contributed by atoms with Crippen LogP contribution >= 0.6 is 11.6 Å². The SMILES string of the molecule is O=C(CCC1CCCC1)N1CCN(CCN(Cc2ccc(F)cc2)C(=O)c2cccc(Cl)c2)CC1. The molecule has 5 nitrogen and oxygen atoms in total. The maximum Gasteiger partial charge on any atom is 0.254 e. The second-order valence-electron chi connectivity index (χ2n) is 9.78. The van der Waals surface area contributed by atoms with Crippen LogP contribution in [0.5, 0.6) is 0 Å². The average molecular weight is 500 g/mol. The van der Waals surface area contributed by atoms with E-state index in [9.17, 15) is 14.0 Å². The van der Waals surface area contributed by atoms with Gasteiger partial charge in [-0.1, -0.05) is 55.5 Å². The Morgan fingerprint density at radius 1 is 1.00 bits per heavy atom. The Kier molecular flexibility index (Phi) is 9.16. The second kappa shape index (κ2) is 12.5. The molecule has 2 amide bonds. The Bertz CT molecular complexity index is 986. The Morgan fingerprint density at radius 3 is 2.40 bits per heavy atom. The molecule has 1 aliphatic heterocycles. The predicted octanol–water partition coefficient (Wildman–Crippen LogP) is 5.24. The van der Waals surface area contributed by atoms with Gasteiger partial charge in [0.2, 0.25) is 5.91 Å². The third kappa shape index (κ3) is 7.52. The van der Waals surface area contributed by atoms with Crippen molar-refractivity contribution in [1.29, 1.82) is 0 Å². The van der Waals surface area contributed by atoms with Gasteiger partial charge in [-0.15, -0.1) is 0 Å². The maximum absolute atomic E-state index is 13.4. The zero-order chi connectivity index (χ0) is 24.6. The van der Waals surface area contributed by atoms with Gasteiger partial charge in [-0.05, 0) is 48.2 Å². The Balaban J connectivity index is 1.30. The number of piperazine rings is 1. The molecule has 35 heavy (non-hydrogen) atoms. The Labute approximate surface area is 212 Å². The number of benzene rings is 2. The molecule has 1 heterocycles. The smallest absolute Gasteiger partial charge is 0.254 e. The number of carbonyl (C=O) groups excluding carboxylic acids is 2. The van der Waals surface area contributed by atoms with E-state index < -0.39 is 0 Å². The van der Waals surface area contributed by atoms with Crippen LogP contribution in [0.2, 0.25) is 5.02 Å². The fraction of sp³-hybridized carbons (Fsp3) is 0.500. The van der Waals surface area contributed by atoms with Gasteiger partial charge in [-0.3, -0.25) is 14.5 Å². The summed E-state index contributed by atoms with van der Waals surface area (Å²) >= 11 is 6.12. The third-order valence-corrected chi connectivity index (χ3v) is 7.53. The van der Waals surface area contributed by atoms with Crippen LogP contribution in [0.25, 0.3) is 0 Å². The number of hydrogen-bond acceptors (Lipinski definition) is 3. The van der Waals surface area contributed by atoms with Gasteiger partial charge < -0.3 is 9.80 Å². The van der Waals surface area contributed by atoms with Crippen molar-refractivity contribution in [2.45, 2.75) is 45.1 Å². The van der Waals surface area contributed by atoms with Gasteiger partial charge in [0, 0.05) is 62.8 Å². The number of carbonyl (C=O) groups is 2. The van der Waals surface area contributed by atoms with Crippen LogP contribution < -0.4 is 0 Å². The second-order valence-corrected chi connectivity index (χ2v) is 10.2. The quantitative estimate of drug-likeness (QED) is 0.474. The van der Waals surface area contributed by atoms with Crippen LogP contribution in [0.3, 0.4) is 0 Å². The van der Waals surface area contributed by atoms with Gasteiger partial charge in [0.15, 0.2) is 0 Å². The molecule has 0 bridgehead atoms. The third-order valence-electron chi connectivity index (χ3n) is 7.30. The summed E-state index contributed by atoms with van der Waals surface area (Å²) in [5.41, 5.74) is 1.41. The predicted molar refractivity (Wildman–Crippen MR) is 137 cm³/mol. The molecule has 0 radical (unpaired) electrons. The first-order valence-electron chi connectivity index (χ1n) is 12.8. The first-order chi connectivity index (χ1) is 17.0. The number of nitrogens with zero attached hydrogens (tertiary/aromatic N) is 3. The molecule has 7 heteroatoms. The van der Waals surface area contributed by atoms with Gasteiger partial charge in [0.1, 0.15) is 5.82 Å². The maximum atomic E-state index is 13.4. The van der Waals surface area contributed by atoms with E-state index in [1.54, 1.807) is 41.3 Å². The monoisotopic (exact) mass is 499 g/mol. The van der Waals surface area contributed by atoms with E-state index in [4.69, 9.17) is 11.6 Å². The average Bonchev–Trinajstić information content (AvgIpc) is 3.40. The molecule has 0 N–H and O–H groups in total. The summed E-state index contributed by atoms with van der Waals surface area (Å²) in [5.74, 6) is 0.629. The fourth-order valence-electron chi connectivity index (χ4n) is 5.13. The van der Waals surface area contributed by atoms with Crippen LogP contribution in [-0.4, -0.2) is 65.8 Å². The minimum absolute atomic E-state index is 0.0995. The highest BCUT2D eigenvalue weighted by molar-refractivity contribution is 6.30. The summed E-state index contributed by atoms with van der Waals surface area (Å²) < 4.78 is 13.4. The summed E-state index contributed by atoms with van der Waals surface area (Å²) in [6, 6.07) is 13.2. The Morgan fingerprint density at radius 2 is 1.71 bits per heavy atom. The molecule has 1 saturated heterocycles. The summed E-state index contributed by atoms with van der Waals surface area (Å²) in [7, 11) is 0. The molecule has 188 valence electrons. The van der Waals surface area contributed by atoms with Crippen molar-refractivity contribution >= 4 is 23.4 Å². The van der Waals surface area contributed by atoms with Crippen LogP contribution in [0.1, 0.15) is 54.4 Å². The van der Waals surface area contributed by atoms with Crippen LogP contribution in [0.15, 0.2) is 48.5 Å². The molecule has 2 aromatic carbocycles. The van der Waals surface area contributed by atoms with Crippen molar-refractivity contribution in [2.75, 3.05) is 39.3 Å². The zero-order valence-corrected chi connectivity index (χ0v) is 21.1. The molecule has 0 aromatic heterocycles. The molecule has 2 aliphatic rings.